The lowest BCUT2D eigenvalue weighted by Crippen LogP contribution is -2.61. The van der Waals surface area contributed by atoms with Crippen molar-refractivity contribution in [3.05, 3.63) is 23.4 Å². The van der Waals surface area contributed by atoms with Crippen LogP contribution >= 0.6 is 11.6 Å². The highest BCUT2D eigenvalue weighted by atomic mass is 35.5. The number of anilines is 1. The molecular weight excluding hydrogens is 758 g/mol. The van der Waals surface area contributed by atoms with Gasteiger partial charge in [0.1, 0.15) is 24.2 Å². The molecule has 3 unspecified atom stereocenters. The summed E-state index contributed by atoms with van der Waals surface area (Å²) in [5, 5.41) is 23.5. The number of aromatic nitrogens is 4. The molecule has 0 spiro atoms. The Labute approximate surface area is 339 Å². The highest BCUT2D eigenvalue weighted by Gasteiger charge is 2.47. The van der Waals surface area contributed by atoms with Crippen molar-refractivity contribution in [2.45, 2.75) is 135 Å². The molecule has 4 amide bonds. The van der Waals surface area contributed by atoms with E-state index in [0.717, 1.165) is 38.5 Å². The van der Waals surface area contributed by atoms with Crippen molar-refractivity contribution < 1.29 is 38.5 Å². The first-order valence-corrected chi connectivity index (χ1v) is 20.3. The average molecular weight is 816 g/mol. The Kier molecular flexibility index (Phi) is 14.8. The Morgan fingerprint density at radius 1 is 0.982 bits per heavy atom. The lowest BCUT2D eigenvalue weighted by Gasteiger charge is -2.37. The molecule has 0 aromatic carbocycles. The van der Waals surface area contributed by atoms with Gasteiger partial charge in [-0.2, -0.15) is 9.97 Å². The Morgan fingerprint density at radius 3 is 2.21 bits per heavy atom. The van der Waals surface area contributed by atoms with Gasteiger partial charge in [0.05, 0.1) is 31.8 Å². The number of likely N-dealkylation sites (tertiary alicyclic amines) is 1. The molecule has 2 saturated carbocycles. The number of aliphatic hydroxyl groups is 1. The van der Waals surface area contributed by atoms with Gasteiger partial charge >= 0.3 is 12.0 Å². The van der Waals surface area contributed by atoms with Gasteiger partial charge in [-0.25, -0.2) is 4.98 Å². The normalized spacial score (nSPS) is 23.0. The third-order valence-electron chi connectivity index (χ3n) is 10.9. The highest BCUT2D eigenvalue weighted by molar-refractivity contribution is 6.30. The number of carbonyl (C=O) groups excluding carboxylic acids is 4. The van der Waals surface area contributed by atoms with Gasteiger partial charge in [-0.05, 0) is 49.0 Å². The van der Waals surface area contributed by atoms with Crippen molar-refractivity contribution in [1.82, 2.24) is 40.8 Å². The van der Waals surface area contributed by atoms with Crippen LogP contribution in [0.15, 0.2) is 18.3 Å². The number of nitrogens with one attached hydrogen (secondary N) is 4. The lowest BCUT2D eigenvalue weighted by molar-refractivity contribution is -0.145. The predicted molar refractivity (Wildman–Crippen MR) is 211 cm³/mol. The third-order valence-corrected chi connectivity index (χ3v) is 11.1. The van der Waals surface area contributed by atoms with Crippen molar-refractivity contribution in [1.29, 1.82) is 0 Å². The molecule has 2 aliphatic carbocycles. The zero-order valence-electron chi connectivity index (χ0n) is 33.9. The molecule has 2 aromatic heterocycles. The SMILES string of the molecule is CCC[C@H](NC(=O)[C@@H]1C[C@@H](Oc2ccc(Cl)cn2)CN1C(=O)[C@@H](NC(=O)[C@@H](Nc1nc(OC)nc(OC)n1)C1CCCCC1)C(C)(C)C)C(O)C(=O)NC1CC1C. The van der Waals surface area contributed by atoms with E-state index < -0.39 is 65.4 Å². The molecule has 314 valence electrons. The summed E-state index contributed by atoms with van der Waals surface area (Å²) in [5.41, 5.74) is -0.819. The molecule has 17 nitrogen and oxygen atoms in total. The van der Waals surface area contributed by atoms with Gasteiger partial charge in [0, 0.05) is 24.7 Å². The van der Waals surface area contributed by atoms with Crippen molar-refractivity contribution in [2.75, 3.05) is 26.1 Å². The number of nitrogens with zero attached hydrogens (tertiary/aromatic N) is 5. The second kappa shape index (κ2) is 19.3. The number of aliphatic hydroxyl groups excluding tert-OH is 1. The van der Waals surface area contributed by atoms with Crippen LogP contribution in [0.1, 0.15) is 92.4 Å². The lowest BCUT2D eigenvalue weighted by atomic mass is 9.82. The number of hydrogen-bond donors (Lipinski definition) is 5. The topological polar surface area (TPSA) is 219 Å². The number of ether oxygens (including phenoxy) is 3. The fourth-order valence-corrected chi connectivity index (χ4v) is 7.60. The fourth-order valence-electron chi connectivity index (χ4n) is 7.49. The summed E-state index contributed by atoms with van der Waals surface area (Å²) in [4.78, 5) is 74.9. The number of halogens is 1. The van der Waals surface area contributed by atoms with E-state index in [4.69, 9.17) is 25.8 Å². The van der Waals surface area contributed by atoms with Crippen LogP contribution in [0.25, 0.3) is 0 Å². The van der Waals surface area contributed by atoms with E-state index in [9.17, 15) is 24.3 Å². The minimum Gasteiger partial charge on any atom is -0.472 e. The zero-order valence-corrected chi connectivity index (χ0v) is 34.7. The van der Waals surface area contributed by atoms with Crippen molar-refractivity contribution >= 4 is 41.2 Å². The minimum atomic E-state index is -1.49. The van der Waals surface area contributed by atoms with Crippen LogP contribution in [0.5, 0.6) is 17.9 Å². The summed E-state index contributed by atoms with van der Waals surface area (Å²) in [7, 11) is 2.82. The zero-order chi connectivity index (χ0) is 41.4. The molecule has 1 saturated heterocycles. The van der Waals surface area contributed by atoms with Crippen LogP contribution in [-0.2, 0) is 19.2 Å². The molecule has 2 aromatic rings. The number of hydrogen-bond acceptors (Lipinski definition) is 13. The van der Waals surface area contributed by atoms with Crippen molar-refractivity contribution in [2.24, 2.45) is 17.3 Å². The van der Waals surface area contributed by atoms with Crippen molar-refractivity contribution in [3.63, 3.8) is 0 Å². The maximum atomic E-state index is 14.9. The Hall–Kier alpha value is -4.51. The number of amides is 4. The summed E-state index contributed by atoms with van der Waals surface area (Å²) in [6.07, 6.45) is 5.57. The van der Waals surface area contributed by atoms with Gasteiger partial charge in [0.2, 0.25) is 29.5 Å². The van der Waals surface area contributed by atoms with Crippen molar-refractivity contribution in [3.8, 4) is 17.9 Å². The largest absolute Gasteiger partial charge is 0.472 e. The maximum Gasteiger partial charge on any atom is 0.324 e. The number of rotatable bonds is 17. The molecule has 0 bridgehead atoms. The van der Waals surface area contributed by atoms with E-state index in [1.165, 1.54) is 25.3 Å². The molecule has 5 rings (SSSR count). The molecule has 5 N–H and O–H groups in total. The molecule has 3 aliphatic rings. The van der Waals surface area contributed by atoms with E-state index >= 15 is 0 Å². The standard InChI is InChI=1S/C39H58ClN9O8/c1-8-12-25(30(50)34(53)43-26-17-21(26)2)42-32(51)27-18-24(57-28-16-15-23(40)19-41-28)20-49(27)35(54)31(39(3,4)5)45-33(52)29(22-13-10-9-11-14-22)44-36-46-37(55-6)48-38(47-36)56-7/h15-16,19,21-22,24-27,29-31,50H,8-14,17-18,20H2,1-7H3,(H,42,51)(H,43,53)(H,45,52)(H,44,46,47,48)/t21?,24-,25+,26?,27+,29+,30?,31-/m1/s1. The van der Waals surface area contributed by atoms with E-state index in [2.05, 4.69) is 41.2 Å². The highest BCUT2D eigenvalue weighted by Crippen LogP contribution is 2.32. The van der Waals surface area contributed by atoms with Gasteiger partial charge in [-0.1, -0.05) is 71.9 Å². The fraction of sp³-hybridized carbons (Fsp3) is 0.692. The molecule has 3 fully saturated rings. The number of carbonyl (C=O) groups is 4. The summed E-state index contributed by atoms with van der Waals surface area (Å²) in [5.74, 6) is -1.47. The second-order valence-corrected chi connectivity index (χ2v) is 16.9. The minimum absolute atomic E-state index is 0.000518. The molecule has 3 heterocycles. The summed E-state index contributed by atoms with van der Waals surface area (Å²) in [6, 6.07) is -0.655. The smallest absolute Gasteiger partial charge is 0.324 e. The molecule has 18 heteroatoms. The van der Waals surface area contributed by atoms with E-state index in [0.29, 0.717) is 23.8 Å². The molecular formula is C39H58ClN9O8. The molecule has 0 radical (unpaired) electrons. The van der Waals surface area contributed by atoms with Crippen LogP contribution in [0.3, 0.4) is 0 Å². The van der Waals surface area contributed by atoms with Gasteiger partial charge in [0.25, 0.3) is 5.91 Å². The molecule has 57 heavy (non-hydrogen) atoms. The van der Waals surface area contributed by atoms with Crippen LogP contribution in [0.2, 0.25) is 5.02 Å². The Balaban J connectivity index is 1.41. The van der Waals surface area contributed by atoms with Gasteiger partial charge in [0.15, 0.2) is 6.10 Å². The first-order chi connectivity index (χ1) is 27.1. The van der Waals surface area contributed by atoms with Crippen LogP contribution in [-0.4, -0.2) is 117 Å². The Bertz CT molecular complexity index is 1690. The van der Waals surface area contributed by atoms with Gasteiger partial charge < -0.3 is 45.5 Å². The second-order valence-electron chi connectivity index (χ2n) is 16.4. The first-order valence-electron chi connectivity index (χ1n) is 19.9. The predicted octanol–water partition coefficient (Wildman–Crippen LogP) is 3.05. The van der Waals surface area contributed by atoms with Crippen LogP contribution in [0, 0.1) is 17.3 Å². The van der Waals surface area contributed by atoms with Crippen LogP contribution in [0.4, 0.5) is 5.95 Å². The van der Waals surface area contributed by atoms with E-state index in [1.54, 1.807) is 12.1 Å². The van der Waals surface area contributed by atoms with E-state index in [-0.39, 0.29) is 48.8 Å². The maximum absolute atomic E-state index is 14.9. The van der Waals surface area contributed by atoms with E-state index in [1.807, 2.05) is 34.6 Å². The van der Waals surface area contributed by atoms with Gasteiger partial charge in [-0.15, -0.1) is 4.98 Å². The summed E-state index contributed by atoms with van der Waals surface area (Å²) >= 11 is 6.05. The number of methoxy groups -OCH3 is 2. The monoisotopic (exact) mass is 815 g/mol. The molecule has 8 atom stereocenters. The number of pyridine rings is 1. The Morgan fingerprint density at radius 2 is 1.65 bits per heavy atom. The summed E-state index contributed by atoms with van der Waals surface area (Å²) in [6.45, 7) is 9.41. The first kappa shape index (κ1) is 43.6. The molecule has 1 aliphatic heterocycles. The van der Waals surface area contributed by atoms with Gasteiger partial charge in [-0.3, -0.25) is 19.2 Å². The quantitative estimate of drug-likeness (QED) is 0.155. The summed E-state index contributed by atoms with van der Waals surface area (Å²) < 4.78 is 16.6. The third kappa shape index (κ3) is 11.6. The van der Waals surface area contributed by atoms with Crippen LogP contribution < -0.4 is 35.5 Å². The average Bonchev–Trinajstić information content (AvgIpc) is 3.71.